The summed E-state index contributed by atoms with van der Waals surface area (Å²) in [6, 6.07) is 9.31. The average molecular weight is 190 g/mol. The van der Waals surface area contributed by atoms with Crippen LogP contribution in [0.3, 0.4) is 0 Å². The van der Waals surface area contributed by atoms with Crippen LogP contribution >= 0.6 is 0 Å². The first-order valence-corrected chi connectivity index (χ1v) is 5.34. The minimum atomic E-state index is 0.330. The lowest BCUT2D eigenvalue weighted by atomic mass is 10.1. The van der Waals surface area contributed by atoms with Crippen molar-refractivity contribution in [1.29, 1.82) is 0 Å². The molecular formula is C12H18N2. The zero-order chi connectivity index (χ0) is 9.97. The second kappa shape index (κ2) is 4.01. The van der Waals surface area contributed by atoms with Crippen LogP contribution in [-0.2, 0) is 0 Å². The van der Waals surface area contributed by atoms with Gasteiger partial charge in [0, 0.05) is 17.8 Å². The zero-order valence-electron chi connectivity index (χ0n) is 8.66. The van der Waals surface area contributed by atoms with E-state index < -0.39 is 0 Å². The van der Waals surface area contributed by atoms with Gasteiger partial charge in [0.25, 0.3) is 0 Å². The van der Waals surface area contributed by atoms with Crippen LogP contribution in [0.25, 0.3) is 0 Å². The molecule has 1 aliphatic rings. The predicted molar refractivity (Wildman–Crippen MR) is 60.4 cm³/mol. The van der Waals surface area contributed by atoms with Crippen molar-refractivity contribution < 1.29 is 0 Å². The molecular weight excluding hydrogens is 172 g/mol. The average Bonchev–Trinajstić information content (AvgIpc) is 2.56. The first-order chi connectivity index (χ1) is 6.75. The van der Waals surface area contributed by atoms with Crippen molar-refractivity contribution in [2.75, 3.05) is 5.32 Å². The number of benzene rings is 1. The molecule has 1 fully saturated rings. The molecule has 1 aliphatic carbocycles. The van der Waals surface area contributed by atoms with Crippen molar-refractivity contribution in [2.45, 2.75) is 38.3 Å². The third-order valence-corrected chi connectivity index (χ3v) is 2.97. The summed E-state index contributed by atoms with van der Waals surface area (Å²) in [5.74, 6) is 0. The summed E-state index contributed by atoms with van der Waals surface area (Å²) in [7, 11) is 0. The van der Waals surface area contributed by atoms with E-state index in [1.807, 2.05) is 0 Å². The molecule has 0 radical (unpaired) electrons. The van der Waals surface area contributed by atoms with Gasteiger partial charge in [-0.05, 0) is 38.3 Å². The number of aryl methyl sites for hydroxylation is 1. The molecule has 0 aliphatic heterocycles. The third-order valence-electron chi connectivity index (χ3n) is 2.97. The molecule has 0 unspecified atom stereocenters. The van der Waals surface area contributed by atoms with Gasteiger partial charge in [0.15, 0.2) is 0 Å². The van der Waals surface area contributed by atoms with Crippen molar-refractivity contribution >= 4 is 5.69 Å². The van der Waals surface area contributed by atoms with E-state index in [0.717, 1.165) is 6.42 Å². The monoisotopic (exact) mass is 190 g/mol. The van der Waals surface area contributed by atoms with Crippen molar-refractivity contribution in [2.24, 2.45) is 5.73 Å². The number of anilines is 1. The summed E-state index contributed by atoms with van der Waals surface area (Å²) >= 11 is 0. The summed E-state index contributed by atoms with van der Waals surface area (Å²) in [6.45, 7) is 2.10. The topological polar surface area (TPSA) is 38.0 Å². The van der Waals surface area contributed by atoms with Crippen molar-refractivity contribution in [3.05, 3.63) is 29.8 Å². The maximum Gasteiger partial charge on any atom is 0.0412 e. The molecule has 0 saturated heterocycles. The van der Waals surface area contributed by atoms with E-state index in [1.165, 1.54) is 24.1 Å². The maximum atomic E-state index is 5.99. The molecule has 3 N–H and O–H groups in total. The fourth-order valence-corrected chi connectivity index (χ4v) is 2.03. The summed E-state index contributed by atoms with van der Waals surface area (Å²) < 4.78 is 0. The quantitative estimate of drug-likeness (QED) is 0.751. The normalized spacial score (nSPS) is 26.4. The van der Waals surface area contributed by atoms with Crippen LogP contribution in [0.5, 0.6) is 0 Å². The SMILES string of the molecule is Cc1ccc(N[C@H]2CCC[C@@H]2N)cc1. The molecule has 0 aromatic heterocycles. The van der Waals surface area contributed by atoms with Crippen LogP contribution in [0.2, 0.25) is 0 Å². The second-order valence-electron chi connectivity index (χ2n) is 4.21. The van der Waals surface area contributed by atoms with Crippen LogP contribution in [0.15, 0.2) is 24.3 Å². The van der Waals surface area contributed by atoms with E-state index >= 15 is 0 Å². The van der Waals surface area contributed by atoms with E-state index in [1.54, 1.807) is 0 Å². The Hall–Kier alpha value is -1.02. The van der Waals surface area contributed by atoms with E-state index in [9.17, 15) is 0 Å². The van der Waals surface area contributed by atoms with Crippen LogP contribution in [0.4, 0.5) is 5.69 Å². The van der Waals surface area contributed by atoms with Gasteiger partial charge < -0.3 is 11.1 Å². The molecule has 2 nitrogen and oxygen atoms in total. The first kappa shape index (κ1) is 9.53. The van der Waals surface area contributed by atoms with Gasteiger partial charge in [0.2, 0.25) is 0 Å². The molecule has 1 aromatic carbocycles. The standard InChI is InChI=1S/C12H18N2/c1-9-5-7-10(8-6-9)14-12-4-2-3-11(12)13/h5-8,11-12,14H,2-4,13H2,1H3/t11-,12-/m0/s1. The van der Waals surface area contributed by atoms with Gasteiger partial charge in [0.1, 0.15) is 0 Å². The lowest BCUT2D eigenvalue weighted by Gasteiger charge is -2.18. The van der Waals surface area contributed by atoms with Crippen LogP contribution in [0, 0.1) is 6.92 Å². The van der Waals surface area contributed by atoms with E-state index in [2.05, 4.69) is 36.5 Å². The Morgan fingerprint density at radius 3 is 2.50 bits per heavy atom. The number of rotatable bonds is 2. The molecule has 76 valence electrons. The number of hydrogen-bond acceptors (Lipinski definition) is 2. The molecule has 1 saturated carbocycles. The van der Waals surface area contributed by atoms with Gasteiger partial charge in [0.05, 0.1) is 0 Å². The molecule has 2 atom stereocenters. The summed E-state index contributed by atoms with van der Waals surface area (Å²) in [4.78, 5) is 0. The smallest absolute Gasteiger partial charge is 0.0412 e. The fraction of sp³-hybridized carbons (Fsp3) is 0.500. The highest BCUT2D eigenvalue weighted by Crippen LogP contribution is 2.21. The molecule has 0 amide bonds. The lowest BCUT2D eigenvalue weighted by Crippen LogP contribution is -2.35. The van der Waals surface area contributed by atoms with Crippen molar-refractivity contribution in [3.63, 3.8) is 0 Å². The Morgan fingerprint density at radius 1 is 1.21 bits per heavy atom. The highest BCUT2D eigenvalue weighted by atomic mass is 15.0. The fourth-order valence-electron chi connectivity index (χ4n) is 2.03. The predicted octanol–water partition coefficient (Wildman–Crippen LogP) is 2.29. The van der Waals surface area contributed by atoms with Crippen LogP contribution in [-0.4, -0.2) is 12.1 Å². The highest BCUT2D eigenvalue weighted by molar-refractivity contribution is 5.45. The van der Waals surface area contributed by atoms with Gasteiger partial charge in [-0.15, -0.1) is 0 Å². The van der Waals surface area contributed by atoms with Gasteiger partial charge in [-0.3, -0.25) is 0 Å². The molecule has 14 heavy (non-hydrogen) atoms. The first-order valence-electron chi connectivity index (χ1n) is 5.34. The van der Waals surface area contributed by atoms with E-state index in [-0.39, 0.29) is 0 Å². The Labute approximate surface area is 85.5 Å². The summed E-state index contributed by atoms with van der Waals surface area (Å²) in [6.07, 6.45) is 3.61. The largest absolute Gasteiger partial charge is 0.381 e. The minimum Gasteiger partial charge on any atom is -0.381 e. The molecule has 0 bridgehead atoms. The molecule has 0 spiro atoms. The lowest BCUT2D eigenvalue weighted by molar-refractivity contribution is 0.638. The minimum absolute atomic E-state index is 0.330. The number of nitrogens with two attached hydrogens (primary N) is 1. The van der Waals surface area contributed by atoms with E-state index in [4.69, 9.17) is 5.73 Å². The third kappa shape index (κ3) is 2.07. The molecule has 2 rings (SSSR count). The van der Waals surface area contributed by atoms with Gasteiger partial charge >= 0.3 is 0 Å². The molecule has 1 aromatic rings. The van der Waals surface area contributed by atoms with Gasteiger partial charge in [-0.2, -0.15) is 0 Å². The Kier molecular flexibility index (Phi) is 2.73. The van der Waals surface area contributed by atoms with Crippen molar-refractivity contribution in [1.82, 2.24) is 0 Å². The summed E-state index contributed by atoms with van der Waals surface area (Å²) in [5.41, 5.74) is 8.48. The van der Waals surface area contributed by atoms with Gasteiger partial charge in [-0.25, -0.2) is 0 Å². The van der Waals surface area contributed by atoms with Crippen molar-refractivity contribution in [3.8, 4) is 0 Å². The van der Waals surface area contributed by atoms with E-state index in [0.29, 0.717) is 12.1 Å². The number of nitrogens with one attached hydrogen (secondary N) is 1. The molecule has 0 heterocycles. The Bertz CT molecular complexity index is 292. The van der Waals surface area contributed by atoms with Crippen LogP contribution < -0.4 is 11.1 Å². The van der Waals surface area contributed by atoms with Gasteiger partial charge in [-0.1, -0.05) is 17.7 Å². The summed E-state index contributed by atoms with van der Waals surface area (Å²) in [5, 5.41) is 3.49. The maximum absolute atomic E-state index is 5.99. The molecule has 2 heteroatoms. The Balaban J connectivity index is 2.00. The zero-order valence-corrected chi connectivity index (χ0v) is 8.66. The Morgan fingerprint density at radius 2 is 1.93 bits per heavy atom. The van der Waals surface area contributed by atoms with Crippen LogP contribution in [0.1, 0.15) is 24.8 Å². The highest BCUT2D eigenvalue weighted by Gasteiger charge is 2.23. The second-order valence-corrected chi connectivity index (χ2v) is 4.21. The number of hydrogen-bond donors (Lipinski definition) is 2.